The average Bonchev–Trinajstić information content (AvgIpc) is 2.98. The number of nitrogens with one attached hydrogen (secondary N) is 2. The Bertz CT molecular complexity index is 1060. The van der Waals surface area contributed by atoms with Crippen LogP contribution >= 0.6 is 0 Å². The highest BCUT2D eigenvalue weighted by molar-refractivity contribution is 6.10. The van der Waals surface area contributed by atoms with E-state index >= 15 is 0 Å². The molecule has 0 fully saturated rings. The van der Waals surface area contributed by atoms with Crippen molar-refractivity contribution < 1.29 is 19.1 Å². The molecule has 0 saturated heterocycles. The second-order valence-electron chi connectivity index (χ2n) is 5.94. The highest BCUT2D eigenvalue weighted by atomic mass is 16.5. The van der Waals surface area contributed by atoms with Gasteiger partial charge in [-0.25, -0.2) is 0 Å². The molecule has 3 aromatic rings. The van der Waals surface area contributed by atoms with Crippen molar-refractivity contribution in [1.82, 2.24) is 9.78 Å². The Morgan fingerprint density at radius 2 is 2.04 bits per heavy atom. The second kappa shape index (κ2) is 6.49. The number of carbonyl (C=O) groups excluding carboxylic acids is 2. The first kappa shape index (κ1) is 16.6. The Kier molecular flexibility index (Phi) is 4.00. The summed E-state index contributed by atoms with van der Waals surface area (Å²) < 4.78 is 12.4. The van der Waals surface area contributed by atoms with Gasteiger partial charge in [0.25, 0.3) is 11.8 Å². The molecular formula is C19H16N4O4. The molecule has 4 rings (SSSR count). The van der Waals surface area contributed by atoms with Crippen molar-refractivity contribution in [3.05, 3.63) is 59.8 Å². The third kappa shape index (κ3) is 3.08. The molecule has 2 heterocycles. The van der Waals surface area contributed by atoms with Crippen LogP contribution in [0.3, 0.4) is 0 Å². The summed E-state index contributed by atoms with van der Waals surface area (Å²) >= 11 is 0. The number of benzene rings is 2. The molecule has 0 saturated carbocycles. The largest absolute Gasteiger partial charge is 0.479 e. The molecule has 0 bridgehead atoms. The number of fused-ring (bicyclic) bond motifs is 2. The summed E-state index contributed by atoms with van der Waals surface area (Å²) in [5, 5.41) is 9.61. The van der Waals surface area contributed by atoms with E-state index in [0.29, 0.717) is 34.0 Å². The molecule has 27 heavy (non-hydrogen) atoms. The van der Waals surface area contributed by atoms with Crippen molar-refractivity contribution in [1.29, 1.82) is 0 Å². The van der Waals surface area contributed by atoms with Crippen LogP contribution in [0.4, 0.5) is 11.4 Å². The van der Waals surface area contributed by atoms with Gasteiger partial charge in [-0.1, -0.05) is 12.1 Å². The molecule has 8 nitrogen and oxygen atoms in total. The lowest BCUT2D eigenvalue weighted by Crippen LogP contribution is -2.14. The fourth-order valence-electron chi connectivity index (χ4n) is 2.81. The van der Waals surface area contributed by atoms with Crippen LogP contribution in [0.5, 0.6) is 17.4 Å². The zero-order valence-electron chi connectivity index (χ0n) is 14.6. The lowest BCUT2D eigenvalue weighted by atomic mass is 10.1. The van der Waals surface area contributed by atoms with Crippen LogP contribution < -0.4 is 20.1 Å². The van der Waals surface area contributed by atoms with E-state index in [4.69, 9.17) is 9.47 Å². The summed E-state index contributed by atoms with van der Waals surface area (Å²) in [5.41, 5.74) is 1.66. The number of carbonyl (C=O) groups is 2. The zero-order chi connectivity index (χ0) is 19.0. The van der Waals surface area contributed by atoms with Crippen molar-refractivity contribution in [3.8, 4) is 17.4 Å². The molecule has 0 radical (unpaired) electrons. The molecule has 8 heteroatoms. The maximum Gasteiger partial charge on any atom is 0.262 e. The van der Waals surface area contributed by atoms with Crippen LogP contribution in [-0.2, 0) is 7.05 Å². The number of aryl methyl sites for hydroxylation is 1. The minimum absolute atomic E-state index is 0.223. The van der Waals surface area contributed by atoms with Gasteiger partial charge < -0.3 is 20.1 Å². The molecule has 0 atom stereocenters. The van der Waals surface area contributed by atoms with Crippen LogP contribution in [0.15, 0.2) is 48.7 Å². The Morgan fingerprint density at radius 1 is 1.22 bits per heavy atom. The standard InChI is InChI=1S/C19H16N4O4/c1-23-10-13(19(22-23)26-2)18(25)20-11-7-8-15-12(9-11)17(24)21-14-5-3-4-6-16(14)27-15/h3-10H,1-2H3,(H,20,25)(H,21,24). The van der Waals surface area contributed by atoms with Gasteiger partial charge in [-0.15, -0.1) is 5.10 Å². The quantitative estimate of drug-likeness (QED) is 0.745. The molecule has 136 valence electrons. The molecule has 0 unspecified atom stereocenters. The fourth-order valence-corrected chi connectivity index (χ4v) is 2.81. The monoisotopic (exact) mass is 364 g/mol. The Balaban J connectivity index is 1.63. The van der Waals surface area contributed by atoms with Crippen molar-refractivity contribution in [2.24, 2.45) is 7.05 Å². The van der Waals surface area contributed by atoms with Crippen LogP contribution in [0.25, 0.3) is 0 Å². The van der Waals surface area contributed by atoms with E-state index in [-0.39, 0.29) is 11.8 Å². The van der Waals surface area contributed by atoms with Crippen molar-refractivity contribution >= 4 is 23.2 Å². The first-order chi connectivity index (χ1) is 13.0. The predicted molar refractivity (Wildman–Crippen MR) is 98.6 cm³/mol. The number of methoxy groups -OCH3 is 1. The van der Waals surface area contributed by atoms with Crippen LogP contribution in [0.1, 0.15) is 20.7 Å². The second-order valence-corrected chi connectivity index (χ2v) is 5.94. The van der Waals surface area contributed by atoms with Crippen LogP contribution in [0, 0.1) is 0 Å². The highest BCUT2D eigenvalue weighted by Gasteiger charge is 2.22. The van der Waals surface area contributed by atoms with E-state index < -0.39 is 5.91 Å². The van der Waals surface area contributed by atoms with E-state index in [2.05, 4.69) is 15.7 Å². The summed E-state index contributed by atoms with van der Waals surface area (Å²) in [4.78, 5) is 25.1. The maximum absolute atomic E-state index is 12.5. The Labute approximate surface area is 154 Å². The van der Waals surface area contributed by atoms with Crippen molar-refractivity contribution in [3.63, 3.8) is 0 Å². The third-order valence-electron chi connectivity index (χ3n) is 4.07. The summed E-state index contributed by atoms with van der Waals surface area (Å²) in [6.07, 6.45) is 1.56. The number of rotatable bonds is 3. The van der Waals surface area contributed by atoms with Gasteiger partial charge in [-0.05, 0) is 30.3 Å². The van der Waals surface area contributed by atoms with Crippen LogP contribution in [0.2, 0.25) is 0 Å². The van der Waals surface area contributed by atoms with Gasteiger partial charge in [-0.3, -0.25) is 14.3 Å². The number of amides is 2. The van der Waals surface area contributed by atoms with Crippen molar-refractivity contribution in [2.75, 3.05) is 17.7 Å². The number of ether oxygens (including phenoxy) is 2. The van der Waals surface area contributed by atoms with E-state index in [1.165, 1.54) is 11.8 Å². The maximum atomic E-state index is 12.5. The van der Waals surface area contributed by atoms with Gasteiger partial charge in [-0.2, -0.15) is 0 Å². The molecule has 0 aliphatic carbocycles. The molecule has 2 N–H and O–H groups in total. The number of anilines is 2. The Morgan fingerprint density at radius 3 is 2.85 bits per heavy atom. The average molecular weight is 364 g/mol. The molecule has 0 spiro atoms. The predicted octanol–water partition coefficient (Wildman–Crippen LogP) is 3.04. The summed E-state index contributed by atoms with van der Waals surface area (Å²) in [5.74, 6) is 0.486. The van der Waals surface area contributed by atoms with E-state index in [1.54, 1.807) is 43.6 Å². The summed E-state index contributed by atoms with van der Waals surface area (Å²) in [6, 6.07) is 12.0. The summed E-state index contributed by atoms with van der Waals surface area (Å²) in [7, 11) is 3.14. The van der Waals surface area contributed by atoms with Gasteiger partial charge in [0.05, 0.1) is 18.4 Å². The fraction of sp³-hybridized carbons (Fsp3) is 0.105. The van der Waals surface area contributed by atoms with Gasteiger partial charge >= 0.3 is 0 Å². The van der Waals surface area contributed by atoms with E-state index in [9.17, 15) is 9.59 Å². The Hall–Kier alpha value is -3.81. The molecule has 2 amide bonds. The normalized spacial score (nSPS) is 12.1. The molecule has 1 aromatic heterocycles. The van der Waals surface area contributed by atoms with Gasteiger partial charge in [0.15, 0.2) is 5.75 Å². The zero-order valence-corrected chi connectivity index (χ0v) is 14.6. The van der Waals surface area contributed by atoms with Gasteiger partial charge in [0.2, 0.25) is 5.88 Å². The molecule has 1 aliphatic heterocycles. The number of aromatic nitrogens is 2. The summed E-state index contributed by atoms with van der Waals surface area (Å²) in [6.45, 7) is 0. The highest BCUT2D eigenvalue weighted by Crippen LogP contribution is 2.36. The minimum Gasteiger partial charge on any atom is -0.479 e. The first-order valence-electron chi connectivity index (χ1n) is 8.16. The topological polar surface area (TPSA) is 94.5 Å². The number of hydrogen-bond donors (Lipinski definition) is 2. The SMILES string of the molecule is COc1nn(C)cc1C(=O)Nc1ccc2c(c1)C(=O)Nc1ccccc1O2. The third-order valence-corrected chi connectivity index (χ3v) is 4.07. The van der Waals surface area contributed by atoms with Crippen LogP contribution in [-0.4, -0.2) is 28.7 Å². The van der Waals surface area contributed by atoms with Crippen molar-refractivity contribution in [2.45, 2.75) is 0 Å². The van der Waals surface area contributed by atoms with E-state index in [1.807, 2.05) is 12.1 Å². The minimum atomic E-state index is -0.391. The van der Waals surface area contributed by atoms with Gasteiger partial charge in [0.1, 0.15) is 11.3 Å². The lowest BCUT2D eigenvalue weighted by Gasteiger charge is -2.09. The molecular weight excluding hydrogens is 348 g/mol. The number of para-hydroxylation sites is 2. The number of nitrogens with zero attached hydrogens (tertiary/aromatic N) is 2. The van der Waals surface area contributed by atoms with E-state index in [0.717, 1.165) is 0 Å². The molecule has 1 aliphatic rings. The lowest BCUT2D eigenvalue weighted by molar-refractivity contribution is 0.101. The first-order valence-corrected chi connectivity index (χ1v) is 8.16. The molecule has 2 aromatic carbocycles. The van der Waals surface area contributed by atoms with Gasteiger partial charge in [0, 0.05) is 18.9 Å². The smallest absolute Gasteiger partial charge is 0.262 e. The number of hydrogen-bond acceptors (Lipinski definition) is 5.